The highest BCUT2D eigenvalue weighted by Crippen LogP contribution is 2.55. The van der Waals surface area contributed by atoms with E-state index in [1.54, 1.807) is 0 Å². The molecule has 0 fully saturated rings. The summed E-state index contributed by atoms with van der Waals surface area (Å²) in [6.45, 7) is -2.53. The van der Waals surface area contributed by atoms with Crippen LogP contribution in [0.4, 0.5) is 8.78 Å². The summed E-state index contributed by atoms with van der Waals surface area (Å²) < 4.78 is 25.4. The molecule has 0 aliphatic heterocycles. The predicted octanol–water partition coefficient (Wildman–Crippen LogP) is 2.45. The van der Waals surface area contributed by atoms with Gasteiger partial charge < -0.3 is 9.79 Å². The second kappa shape index (κ2) is 4.61. The first-order chi connectivity index (χ1) is 5.31. The van der Waals surface area contributed by atoms with Crippen molar-refractivity contribution in [3.05, 3.63) is 0 Å². The molecule has 0 amide bonds. The molecule has 0 radical (unpaired) electrons. The molecule has 0 aromatic heterocycles. The van der Waals surface area contributed by atoms with Gasteiger partial charge in [0.2, 0.25) is 0 Å². The fourth-order valence-corrected chi connectivity index (χ4v) is 1.46. The molecular weight excluding hydrogens is 205 g/mol. The number of hydrogen-bond donors (Lipinski definition) is 2. The normalized spacial score (nSPS) is 13.4. The number of rotatable bonds is 5. The lowest BCUT2D eigenvalue weighted by molar-refractivity contribution is 0.0620. The van der Waals surface area contributed by atoms with Crippen molar-refractivity contribution in [2.24, 2.45) is 0 Å². The van der Waals surface area contributed by atoms with Crippen LogP contribution in [-0.2, 0) is 11.8 Å². The standard InChI is InChI=1S/C6H13F2O2PS/c1-2-3-4-5-6(7,8)11(9,10)12/h2-5H2,1H3,(H2,9,10,12). The van der Waals surface area contributed by atoms with Crippen molar-refractivity contribution < 1.29 is 18.6 Å². The lowest BCUT2D eigenvalue weighted by atomic mass is 10.2. The van der Waals surface area contributed by atoms with Gasteiger partial charge in [0.1, 0.15) is 0 Å². The summed E-state index contributed by atoms with van der Waals surface area (Å²) in [6.07, 6.45) is 1.23. The number of halogens is 2. The van der Waals surface area contributed by atoms with E-state index in [1.165, 1.54) is 0 Å². The molecule has 0 aromatic carbocycles. The Bertz CT molecular complexity index is 180. The van der Waals surface area contributed by atoms with Crippen molar-refractivity contribution in [1.82, 2.24) is 0 Å². The minimum absolute atomic E-state index is 0.281. The molecule has 0 atom stereocenters. The molecule has 0 aliphatic carbocycles. The molecular formula is C6H13F2O2PS. The molecule has 0 saturated heterocycles. The highest BCUT2D eigenvalue weighted by atomic mass is 32.5. The van der Waals surface area contributed by atoms with E-state index in [2.05, 4.69) is 11.8 Å². The van der Waals surface area contributed by atoms with Crippen molar-refractivity contribution in [2.75, 3.05) is 0 Å². The fraction of sp³-hybridized carbons (Fsp3) is 1.00. The van der Waals surface area contributed by atoms with Crippen LogP contribution < -0.4 is 0 Å². The van der Waals surface area contributed by atoms with E-state index in [0.717, 1.165) is 6.42 Å². The molecule has 0 aliphatic rings. The van der Waals surface area contributed by atoms with Gasteiger partial charge in [-0.25, -0.2) is 0 Å². The van der Waals surface area contributed by atoms with E-state index in [0.29, 0.717) is 6.42 Å². The average Bonchev–Trinajstić information content (AvgIpc) is 1.85. The molecule has 0 rings (SSSR count). The first-order valence-electron chi connectivity index (χ1n) is 3.74. The van der Waals surface area contributed by atoms with Crippen molar-refractivity contribution in [1.29, 1.82) is 0 Å². The summed E-state index contributed by atoms with van der Waals surface area (Å²) in [7, 11) is 0. The highest BCUT2D eigenvalue weighted by molar-refractivity contribution is 8.09. The van der Waals surface area contributed by atoms with Gasteiger partial charge >= 0.3 is 5.66 Å². The fourth-order valence-electron chi connectivity index (χ4n) is 0.733. The Morgan fingerprint density at radius 1 is 1.33 bits per heavy atom. The predicted molar refractivity (Wildman–Crippen MR) is 47.8 cm³/mol. The van der Waals surface area contributed by atoms with Crippen LogP contribution >= 0.6 is 6.49 Å². The van der Waals surface area contributed by atoms with Crippen molar-refractivity contribution >= 4 is 18.3 Å². The van der Waals surface area contributed by atoms with Gasteiger partial charge in [-0.1, -0.05) is 19.8 Å². The van der Waals surface area contributed by atoms with E-state index >= 15 is 0 Å². The molecule has 0 bridgehead atoms. The number of hydrogen-bond acceptors (Lipinski definition) is 1. The van der Waals surface area contributed by atoms with Crippen molar-refractivity contribution in [3.63, 3.8) is 0 Å². The molecule has 0 aromatic rings. The molecule has 74 valence electrons. The maximum Gasteiger partial charge on any atom is 0.320 e. The number of alkyl halides is 2. The monoisotopic (exact) mass is 218 g/mol. The topological polar surface area (TPSA) is 40.5 Å². The second-order valence-corrected chi connectivity index (χ2v) is 5.94. The lowest BCUT2D eigenvalue weighted by Crippen LogP contribution is -2.15. The Balaban J connectivity index is 3.97. The first kappa shape index (κ1) is 12.4. The van der Waals surface area contributed by atoms with Gasteiger partial charge in [-0.15, -0.1) is 0 Å². The van der Waals surface area contributed by atoms with Crippen LogP contribution in [0.3, 0.4) is 0 Å². The van der Waals surface area contributed by atoms with Crippen LogP contribution in [0, 0.1) is 0 Å². The summed E-state index contributed by atoms with van der Waals surface area (Å²) in [5, 5.41) is 0. The molecule has 2 N–H and O–H groups in total. The molecule has 2 nitrogen and oxygen atoms in total. The van der Waals surface area contributed by atoms with Gasteiger partial charge in [-0.3, -0.25) is 0 Å². The highest BCUT2D eigenvalue weighted by Gasteiger charge is 2.42. The Labute approximate surface area is 75.8 Å². The second-order valence-electron chi connectivity index (χ2n) is 2.67. The Morgan fingerprint density at radius 2 is 1.83 bits per heavy atom. The molecule has 0 spiro atoms. The Hall–Kier alpha value is 0.430. The average molecular weight is 218 g/mol. The van der Waals surface area contributed by atoms with E-state index in [9.17, 15) is 8.78 Å². The molecule has 12 heavy (non-hydrogen) atoms. The maximum atomic E-state index is 12.7. The maximum absolute atomic E-state index is 12.7. The Morgan fingerprint density at radius 3 is 2.17 bits per heavy atom. The lowest BCUT2D eigenvalue weighted by Gasteiger charge is -2.20. The summed E-state index contributed by atoms with van der Waals surface area (Å²) in [4.78, 5) is 17.2. The molecule has 0 heterocycles. The SMILES string of the molecule is CCCCCC(F)(F)P(O)(O)=S. The summed E-state index contributed by atoms with van der Waals surface area (Å²) >= 11 is 3.94. The quantitative estimate of drug-likeness (QED) is 0.550. The smallest absolute Gasteiger partial charge is 0.320 e. The summed E-state index contributed by atoms with van der Waals surface area (Å²) in [5.41, 5.74) is -3.47. The van der Waals surface area contributed by atoms with Gasteiger partial charge in [0.15, 0.2) is 0 Å². The Kier molecular flexibility index (Phi) is 4.77. The van der Waals surface area contributed by atoms with Crippen LogP contribution in [-0.4, -0.2) is 15.5 Å². The number of unbranched alkanes of at least 4 members (excludes halogenated alkanes) is 2. The summed E-state index contributed by atoms with van der Waals surface area (Å²) in [6, 6.07) is 0. The van der Waals surface area contributed by atoms with Gasteiger partial charge in [-0.05, 0) is 18.2 Å². The van der Waals surface area contributed by atoms with Crippen LogP contribution in [0.1, 0.15) is 32.6 Å². The zero-order chi connectivity index (χ0) is 9.83. The van der Waals surface area contributed by atoms with Gasteiger partial charge in [0, 0.05) is 6.42 Å². The largest absolute Gasteiger partial charge is 0.341 e. The van der Waals surface area contributed by atoms with Crippen LogP contribution in [0.15, 0.2) is 0 Å². The van der Waals surface area contributed by atoms with Crippen LogP contribution in [0.5, 0.6) is 0 Å². The third-order valence-corrected chi connectivity index (χ3v) is 3.38. The van der Waals surface area contributed by atoms with Gasteiger partial charge in [-0.2, -0.15) is 8.78 Å². The zero-order valence-electron chi connectivity index (χ0n) is 6.83. The molecule has 0 saturated carbocycles. The van der Waals surface area contributed by atoms with E-state index in [-0.39, 0.29) is 6.42 Å². The zero-order valence-corrected chi connectivity index (χ0v) is 8.55. The third-order valence-electron chi connectivity index (χ3n) is 1.51. The van der Waals surface area contributed by atoms with Gasteiger partial charge in [0.25, 0.3) is 6.49 Å². The van der Waals surface area contributed by atoms with Gasteiger partial charge in [0.05, 0.1) is 0 Å². The third kappa shape index (κ3) is 3.90. The van der Waals surface area contributed by atoms with E-state index < -0.39 is 18.6 Å². The molecule has 6 heteroatoms. The molecule has 0 unspecified atom stereocenters. The van der Waals surface area contributed by atoms with E-state index in [1.807, 2.05) is 6.92 Å². The van der Waals surface area contributed by atoms with Crippen LogP contribution in [0.25, 0.3) is 0 Å². The summed E-state index contributed by atoms with van der Waals surface area (Å²) in [5.74, 6) is 0. The van der Waals surface area contributed by atoms with Crippen molar-refractivity contribution in [3.8, 4) is 0 Å². The van der Waals surface area contributed by atoms with Crippen molar-refractivity contribution in [2.45, 2.75) is 38.3 Å². The first-order valence-corrected chi connectivity index (χ1v) is 6.45. The minimum Gasteiger partial charge on any atom is -0.341 e. The van der Waals surface area contributed by atoms with E-state index in [4.69, 9.17) is 9.79 Å². The van der Waals surface area contributed by atoms with Crippen LogP contribution in [0.2, 0.25) is 0 Å². The minimum atomic E-state index is -4.41.